The second kappa shape index (κ2) is 7.57. The first-order chi connectivity index (χ1) is 11.1. The molecule has 0 aliphatic carbocycles. The summed E-state index contributed by atoms with van der Waals surface area (Å²) in [5.41, 5.74) is 2.48. The molecule has 0 atom stereocenters. The summed E-state index contributed by atoms with van der Waals surface area (Å²) in [6, 6.07) is 15.6. The fraction of sp³-hybridized carbons (Fsp3) is 0.0556. The molecule has 0 radical (unpaired) electrons. The maximum atomic E-state index is 10.6. The Hall–Kier alpha value is -3.39. The van der Waals surface area contributed by atoms with E-state index in [-0.39, 0.29) is 5.69 Å². The Morgan fingerprint density at radius 1 is 1.17 bits per heavy atom. The van der Waals surface area contributed by atoms with Crippen molar-refractivity contribution in [1.82, 2.24) is 0 Å². The molecule has 0 aliphatic rings. The standard InChI is InChI=1S/C18H14N2O3/c1-23-18-10-6-15(7-11-18)16(12-13-19)5-2-14-3-8-17(9-4-14)20(21)22/h2-12H,1H3/b5-2+,16-12-. The highest BCUT2D eigenvalue weighted by Gasteiger charge is 2.03. The van der Waals surface area contributed by atoms with Gasteiger partial charge < -0.3 is 4.74 Å². The number of benzene rings is 2. The number of ether oxygens (including phenoxy) is 1. The van der Waals surface area contributed by atoms with Crippen molar-refractivity contribution < 1.29 is 9.66 Å². The van der Waals surface area contributed by atoms with Crippen molar-refractivity contribution in [1.29, 1.82) is 5.26 Å². The number of hydrogen-bond donors (Lipinski definition) is 0. The molecule has 0 bridgehead atoms. The molecule has 0 saturated heterocycles. The number of nitriles is 1. The molecule has 5 nitrogen and oxygen atoms in total. The first kappa shape index (κ1) is 16.0. The molecular formula is C18H14N2O3. The van der Waals surface area contributed by atoms with Gasteiger partial charge in [-0.1, -0.05) is 24.3 Å². The zero-order valence-electron chi connectivity index (χ0n) is 12.5. The number of non-ortho nitro benzene ring substituents is 1. The lowest BCUT2D eigenvalue weighted by atomic mass is 10.0. The summed E-state index contributed by atoms with van der Waals surface area (Å²) in [5, 5.41) is 19.6. The Morgan fingerprint density at radius 2 is 1.83 bits per heavy atom. The zero-order valence-corrected chi connectivity index (χ0v) is 12.5. The Bertz CT molecular complexity index is 783. The molecule has 2 rings (SSSR count). The molecule has 2 aromatic carbocycles. The number of nitro benzene ring substituents is 1. The highest BCUT2D eigenvalue weighted by atomic mass is 16.6. The normalized spacial score (nSPS) is 11.2. The largest absolute Gasteiger partial charge is 0.497 e. The van der Waals surface area contributed by atoms with Crippen LogP contribution in [0.4, 0.5) is 5.69 Å². The van der Waals surface area contributed by atoms with Crippen LogP contribution in [0.15, 0.2) is 60.7 Å². The Labute approximate surface area is 133 Å². The van der Waals surface area contributed by atoms with E-state index in [2.05, 4.69) is 0 Å². The number of allylic oxidation sites excluding steroid dienone is 3. The van der Waals surface area contributed by atoms with E-state index in [0.717, 1.165) is 22.4 Å². The van der Waals surface area contributed by atoms with E-state index in [1.165, 1.54) is 18.2 Å². The minimum Gasteiger partial charge on any atom is -0.497 e. The SMILES string of the molecule is COc1ccc(C(=C\C#N)/C=C/c2ccc([N+](=O)[O-])cc2)cc1. The van der Waals surface area contributed by atoms with E-state index in [1.54, 1.807) is 31.4 Å². The summed E-state index contributed by atoms with van der Waals surface area (Å²) in [7, 11) is 1.59. The first-order valence-electron chi connectivity index (χ1n) is 6.81. The molecule has 23 heavy (non-hydrogen) atoms. The Kier molecular flexibility index (Phi) is 5.26. The van der Waals surface area contributed by atoms with Gasteiger partial charge in [0.05, 0.1) is 18.1 Å². The molecule has 5 heteroatoms. The van der Waals surface area contributed by atoms with Crippen molar-refractivity contribution in [2.45, 2.75) is 0 Å². The molecule has 0 amide bonds. The summed E-state index contributed by atoms with van der Waals surface area (Å²) in [6.45, 7) is 0. The predicted molar refractivity (Wildman–Crippen MR) is 88.7 cm³/mol. The molecular weight excluding hydrogens is 292 g/mol. The lowest BCUT2D eigenvalue weighted by molar-refractivity contribution is -0.384. The number of rotatable bonds is 5. The van der Waals surface area contributed by atoms with Crippen LogP contribution in [-0.2, 0) is 0 Å². The third-order valence-corrected chi connectivity index (χ3v) is 3.20. The molecule has 0 aromatic heterocycles. The van der Waals surface area contributed by atoms with Gasteiger partial charge in [-0.15, -0.1) is 0 Å². The van der Waals surface area contributed by atoms with Gasteiger partial charge in [0, 0.05) is 18.2 Å². The number of nitro groups is 1. The minimum absolute atomic E-state index is 0.0464. The van der Waals surface area contributed by atoms with Gasteiger partial charge in [0.2, 0.25) is 0 Å². The lowest BCUT2D eigenvalue weighted by Gasteiger charge is -2.03. The van der Waals surface area contributed by atoms with Gasteiger partial charge in [-0.2, -0.15) is 5.26 Å². The van der Waals surface area contributed by atoms with Gasteiger partial charge >= 0.3 is 0 Å². The summed E-state index contributed by atoms with van der Waals surface area (Å²) >= 11 is 0. The van der Waals surface area contributed by atoms with Gasteiger partial charge in [-0.3, -0.25) is 10.1 Å². The second-order valence-corrected chi connectivity index (χ2v) is 4.64. The highest BCUT2D eigenvalue weighted by Crippen LogP contribution is 2.21. The molecule has 0 heterocycles. The highest BCUT2D eigenvalue weighted by molar-refractivity contribution is 5.80. The van der Waals surface area contributed by atoms with Gasteiger partial charge in [-0.05, 0) is 41.0 Å². The van der Waals surface area contributed by atoms with Crippen molar-refractivity contribution in [2.75, 3.05) is 7.11 Å². The van der Waals surface area contributed by atoms with E-state index in [1.807, 2.05) is 30.3 Å². The van der Waals surface area contributed by atoms with E-state index >= 15 is 0 Å². The maximum Gasteiger partial charge on any atom is 0.269 e. The smallest absolute Gasteiger partial charge is 0.269 e. The fourth-order valence-corrected chi connectivity index (χ4v) is 1.97. The van der Waals surface area contributed by atoms with Crippen molar-refractivity contribution in [2.24, 2.45) is 0 Å². The first-order valence-corrected chi connectivity index (χ1v) is 6.81. The molecule has 2 aromatic rings. The average Bonchev–Trinajstić information content (AvgIpc) is 2.59. The number of hydrogen-bond acceptors (Lipinski definition) is 4. The topological polar surface area (TPSA) is 76.2 Å². The van der Waals surface area contributed by atoms with E-state index in [0.29, 0.717) is 0 Å². The fourth-order valence-electron chi connectivity index (χ4n) is 1.97. The van der Waals surface area contributed by atoms with Crippen LogP contribution >= 0.6 is 0 Å². The number of methoxy groups -OCH3 is 1. The van der Waals surface area contributed by atoms with Crippen molar-refractivity contribution in [3.63, 3.8) is 0 Å². The van der Waals surface area contributed by atoms with Crippen LogP contribution in [0.3, 0.4) is 0 Å². The lowest BCUT2D eigenvalue weighted by Crippen LogP contribution is -1.87. The van der Waals surface area contributed by atoms with E-state index in [9.17, 15) is 10.1 Å². The van der Waals surface area contributed by atoms with Gasteiger partial charge in [0.15, 0.2) is 0 Å². The maximum absolute atomic E-state index is 10.6. The summed E-state index contributed by atoms with van der Waals surface area (Å²) in [6.07, 6.45) is 5.05. The van der Waals surface area contributed by atoms with Crippen molar-refractivity contribution in [3.05, 3.63) is 81.9 Å². The Morgan fingerprint density at radius 3 is 2.35 bits per heavy atom. The average molecular weight is 306 g/mol. The molecule has 0 aliphatic heterocycles. The van der Waals surface area contributed by atoms with Crippen LogP contribution in [0, 0.1) is 21.4 Å². The van der Waals surface area contributed by atoms with Gasteiger partial charge in [-0.25, -0.2) is 0 Å². The summed E-state index contributed by atoms with van der Waals surface area (Å²) in [4.78, 5) is 10.2. The molecule has 0 N–H and O–H groups in total. The third kappa shape index (κ3) is 4.29. The van der Waals surface area contributed by atoms with Crippen LogP contribution < -0.4 is 4.74 Å². The molecule has 0 unspecified atom stereocenters. The van der Waals surface area contributed by atoms with Gasteiger partial charge in [0.1, 0.15) is 5.75 Å². The monoisotopic (exact) mass is 306 g/mol. The molecule has 0 fully saturated rings. The minimum atomic E-state index is -0.439. The summed E-state index contributed by atoms with van der Waals surface area (Å²) in [5.74, 6) is 0.740. The van der Waals surface area contributed by atoms with E-state index < -0.39 is 4.92 Å². The van der Waals surface area contributed by atoms with Gasteiger partial charge in [0.25, 0.3) is 5.69 Å². The second-order valence-electron chi connectivity index (χ2n) is 4.64. The van der Waals surface area contributed by atoms with Crippen molar-refractivity contribution in [3.8, 4) is 11.8 Å². The van der Waals surface area contributed by atoms with Crippen molar-refractivity contribution >= 4 is 17.3 Å². The van der Waals surface area contributed by atoms with Crippen LogP contribution in [0.25, 0.3) is 11.6 Å². The third-order valence-electron chi connectivity index (χ3n) is 3.20. The van der Waals surface area contributed by atoms with Crippen LogP contribution in [-0.4, -0.2) is 12.0 Å². The molecule has 114 valence electrons. The van der Waals surface area contributed by atoms with Crippen LogP contribution in [0.1, 0.15) is 11.1 Å². The molecule has 0 saturated carbocycles. The quantitative estimate of drug-likeness (QED) is 0.358. The zero-order chi connectivity index (χ0) is 16.7. The van der Waals surface area contributed by atoms with E-state index in [4.69, 9.17) is 10.00 Å². The number of nitrogens with zero attached hydrogens (tertiary/aromatic N) is 2. The van der Waals surface area contributed by atoms with Crippen LogP contribution in [0.5, 0.6) is 5.75 Å². The Balaban J connectivity index is 2.23. The van der Waals surface area contributed by atoms with Crippen LogP contribution in [0.2, 0.25) is 0 Å². The summed E-state index contributed by atoms with van der Waals surface area (Å²) < 4.78 is 5.11. The molecule has 0 spiro atoms. The predicted octanol–water partition coefficient (Wildman–Crippen LogP) is 4.22.